The summed E-state index contributed by atoms with van der Waals surface area (Å²) in [6, 6.07) is 1.14. The van der Waals surface area contributed by atoms with E-state index in [2.05, 4.69) is 24.1 Å². The van der Waals surface area contributed by atoms with Crippen LogP contribution in [0.15, 0.2) is 0 Å². The van der Waals surface area contributed by atoms with Crippen molar-refractivity contribution in [3.05, 3.63) is 0 Å². The second-order valence-corrected chi connectivity index (χ2v) is 7.06. The molecule has 112 valence electrons. The molecule has 4 heteroatoms. The van der Waals surface area contributed by atoms with Crippen LogP contribution in [-0.4, -0.2) is 59.0 Å². The highest BCUT2D eigenvalue weighted by Crippen LogP contribution is 2.35. The first-order valence-corrected chi connectivity index (χ1v) is 7.73. The van der Waals surface area contributed by atoms with E-state index in [0.29, 0.717) is 30.5 Å². The predicted octanol–water partition coefficient (Wildman–Crippen LogP) is 0.828. The highest BCUT2D eigenvalue weighted by molar-refractivity contribution is 4.96. The molecule has 1 saturated carbocycles. The Morgan fingerprint density at radius 1 is 1.26 bits per heavy atom. The fraction of sp³-hybridized carbons (Fsp3) is 1.00. The molecule has 0 amide bonds. The van der Waals surface area contributed by atoms with Crippen molar-refractivity contribution in [2.24, 2.45) is 11.8 Å². The maximum Gasteiger partial charge on any atom is 0.0972 e. The summed E-state index contributed by atoms with van der Waals surface area (Å²) in [6.07, 6.45) is 3.92. The normalized spacial score (nSPS) is 35.4. The summed E-state index contributed by atoms with van der Waals surface area (Å²) < 4.78 is 0. The van der Waals surface area contributed by atoms with Gasteiger partial charge in [0.2, 0.25) is 0 Å². The third-order valence-corrected chi connectivity index (χ3v) is 4.89. The SMILES string of the molecule is CC(C)N1CC2CCCC(C1)C2NCC(C)(O)CO. The van der Waals surface area contributed by atoms with Gasteiger partial charge < -0.3 is 20.4 Å². The van der Waals surface area contributed by atoms with Crippen LogP contribution in [0.25, 0.3) is 0 Å². The van der Waals surface area contributed by atoms with Gasteiger partial charge in [-0.25, -0.2) is 0 Å². The van der Waals surface area contributed by atoms with Gasteiger partial charge in [0.25, 0.3) is 0 Å². The summed E-state index contributed by atoms with van der Waals surface area (Å²) in [4.78, 5) is 2.59. The van der Waals surface area contributed by atoms with Crippen LogP contribution in [0.4, 0.5) is 0 Å². The van der Waals surface area contributed by atoms with E-state index >= 15 is 0 Å². The highest BCUT2D eigenvalue weighted by atomic mass is 16.3. The number of fused-ring (bicyclic) bond motifs is 2. The summed E-state index contributed by atoms with van der Waals surface area (Å²) in [5.41, 5.74) is -0.997. The Labute approximate surface area is 117 Å². The molecule has 1 aliphatic heterocycles. The maximum atomic E-state index is 9.93. The van der Waals surface area contributed by atoms with E-state index in [-0.39, 0.29) is 6.61 Å². The fourth-order valence-electron chi connectivity index (χ4n) is 3.62. The number of aliphatic hydroxyl groups excluding tert-OH is 1. The number of piperidine rings is 1. The monoisotopic (exact) mass is 270 g/mol. The molecule has 0 aromatic heterocycles. The Hall–Kier alpha value is -0.160. The van der Waals surface area contributed by atoms with Crippen LogP contribution >= 0.6 is 0 Å². The van der Waals surface area contributed by atoms with Crippen molar-refractivity contribution in [2.75, 3.05) is 26.2 Å². The van der Waals surface area contributed by atoms with Gasteiger partial charge in [0, 0.05) is 31.7 Å². The van der Waals surface area contributed by atoms with Crippen molar-refractivity contribution in [3.63, 3.8) is 0 Å². The minimum absolute atomic E-state index is 0.180. The number of hydrogen-bond donors (Lipinski definition) is 3. The summed E-state index contributed by atoms with van der Waals surface area (Å²) in [7, 11) is 0. The second-order valence-electron chi connectivity index (χ2n) is 7.06. The number of rotatable bonds is 5. The highest BCUT2D eigenvalue weighted by Gasteiger charge is 2.40. The van der Waals surface area contributed by atoms with Crippen LogP contribution in [0.5, 0.6) is 0 Å². The Balaban J connectivity index is 1.94. The average Bonchev–Trinajstić information content (AvgIpc) is 2.35. The zero-order chi connectivity index (χ0) is 14.0. The Morgan fingerprint density at radius 3 is 2.32 bits per heavy atom. The van der Waals surface area contributed by atoms with Gasteiger partial charge in [-0.05, 0) is 45.4 Å². The molecule has 2 bridgehead atoms. The minimum Gasteiger partial charge on any atom is -0.393 e. The van der Waals surface area contributed by atoms with Crippen molar-refractivity contribution in [3.8, 4) is 0 Å². The molecule has 3 unspecified atom stereocenters. The van der Waals surface area contributed by atoms with Crippen LogP contribution in [-0.2, 0) is 0 Å². The van der Waals surface area contributed by atoms with Crippen LogP contribution in [0.2, 0.25) is 0 Å². The van der Waals surface area contributed by atoms with Crippen LogP contribution in [0.1, 0.15) is 40.0 Å². The standard InChI is InChI=1S/C15H30N2O2/c1-11(2)17-7-12-5-4-6-13(8-17)14(12)16-9-15(3,19)10-18/h11-14,16,18-19H,4-10H2,1-3H3. The summed E-state index contributed by atoms with van der Waals surface area (Å²) in [5.74, 6) is 1.40. The lowest BCUT2D eigenvalue weighted by Gasteiger charge is -2.49. The molecule has 1 aliphatic carbocycles. The van der Waals surface area contributed by atoms with Gasteiger partial charge in [0.15, 0.2) is 0 Å². The number of hydrogen-bond acceptors (Lipinski definition) is 4. The Bertz CT molecular complexity index is 280. The van der Waals surface area contributed by atoms with E-state index in [1.165, 1.54) is 32.4 Å². The molecule has 4 nitrogen and oxygen atoms in total. The van der Waals surface area contributed by atoms with Gasteiger partial charge in [-0.15, -0.1) is 0 Å². The molecule has 2 rings (SSSR count). The molecule has 19 heavy (non-hydrogen) atoms. The topological polar surface area (TPSA) is 55.7 Å². The van der Waals surface area contributed by atoms with E-state index in [9.17, 15) is 5.11 Å². The van der Waals surface area contributed by atoms with E-state index in [1.54, 1.807) is 6.92 Å². The van der Waals surface area contributed by atoms with Gasteiger partial charge in [0.05, 0.1) is 12.2 Å². The molecule has 3 N–H and O–H groups in total. The zero-order valence-electron chi connectivity index (χ0n) is 12.6. The summed E-state index contributed by atoms with van der Waals surface area (Å²) in [5, 5.41) is 22.6. The molecule has 3 atom stereocenters. The van der Waals surface area contributed by atoms with Gasteiger partial charge >= 0.3 is 0 Å². The van der Waals surface area contributed by atoms with Crippen molar-refractivity contribution in [2.45, 2.75) is 57.7 Å². The summed E-state index contributed by atoms with van der Waals surface area (Å²) in [6.45, 7) is 8.91. The maximum absolute atomic E-state index is 9.93. The molecular weight excluding hydrogens is 240 g/mol. The fourth-order valence-corrected chi connectivity index (χ4v) is 3.62. The van der Waals surface area contributed by atoms with Crippen molar-refractivity contribution in [1.82, 2.24) is 10.2 Å². The van der Waals surface area contributed by atoms with Crippen molar-refractivity contribution < 1.29 is 10.2 Å². The first-order chi connectivity index (χ1) is 8.93. The minimum atomic E-state index is -0.997. The molecule has 0 spiro atoms. The lowest BCUT2D eigenvalue weighted by atomic mass is 9.73. The number of likely N-dealkylation sites (tertiary alicyclic amines) is 1. The van der Waals surface area contributed by atoms with Gasteiger partial charge in [0.1, 0.15) is 0 Å². The van der Waals surface area contributed by atoms with Gasteiger partial charge in [-0.2, -0.15) is 0 Å². The third kappa shape index (κ3) is 3.69. The van der Waals surface area contributed by atoms with E-state index in [0.717, 1.165) is 0 Å². The molecule has 2 fully saturated rings. The van der Waals surface area contributed by atoms with Crippen molar-refractivity contribution >= 4 is 0 Å². The third-order valence-electron chi connectivity index (χ3n) is 4.89. The van der Waals surface area contributed by atoms with Gasteiger partial charge in [-0.3, -0.25) is 0 Å². The van der Waals surface area contributed by atoms with Gasteiger partial charge in [-0.1, -0.05) is 6.42 Å². The first kappa shape index (κ1) is 15.2. The van der Waals surface area contributed by atoms with E-state index in [4.69, 9.17) is 5.11 Å². The number of nitrogens with zero attached hydrogens (tertiary/aromatic N) is 1. The predicted molar refractivity (Wildman–Crippen MR) is 77.0 cm³/mol. The molecule has 1 heterocycles. The summed E-state index contributed by atoms with van der Waals surface area (Å²) >= 11 is 0. The van der Waals surface area contributed by atoms with Crippen LogP contribution in [0.3, 0.4) is 0 Å². The Morgan fingerprint density at radius 2 is 1.84 bits per heavy atom. The first-order valence-electron chi connectivity index (χ1n) is 7.73. The number of aliphatic hydroxyl groups is 2. The molecule has 0 radical (unpaired) electrons. The smallest absolute Gasteiger partial charge is 0.0972 e. The molecule has 0 aromatic carbocycles. The average molecular weight is 270 g/mol. The molecule has 1 saturated heterocycles. The van der Waals surface area contributed by atoms with Crippen LogP contribution < -0.4 is 5.32 Å². The van der Waals surface area contributed by atoms with E-state index < -0.39 is 5.60 Å². The lowest BCUT2D eigenvalue weighted by molar-refractivity contribution is -0.0175. The lowest BCUT2D eigenvalue weighted by Crippen LogP contribution is -2.60. The van der Waals surface area contributed by atoms with Crippen LogP contribution in [0, 0.1) is 11.8 Å². The van der Waals surface area contributed by atoms with Crippen molar-refractivity contribution in [1.29, 1.82) is 0 Å². The largest absolute Gasteiger partial charge is 0.393 e. The quantitative estimate of drug-likeness (QED) is 0.692. The second kappa shape index (κ2) is 6.08. The molecule has 0 aromatic rings. The Kier molecular flexibility index (Phi) is 4.88. The van der Waals surface area contributed by atoms with E-state index in [1.807, 2.05) is 0 Å². The molecule has 2 aliphatic rings. The zero-order valence-corrected chi connectivity index (χ0v) is 12.6. The molecular formula is C15H30N2O2. The number of nitrogens with one attached hydrogen (secondary N) is 1.